The molecule has 0 radical (unpaired) electrons. The molecule has 0 aliphatic carbocycles. The van der Waals surface area contributed by atoms with Crippen molar-refractivity contribution in [3.8, 4) is 16.9 Å². The molecule has 5 aromatic rings. The van der Waals surface area contributed by atoms with E-state index < -0.39 is 71.6 Å². The van der Waals surface area contributed by atoms with E-state index in [4.69, 9.17) is 16.9 Å². The Bertz CT molecular complexity index is 3340. The number of nitrogens with two attached hydrogens (primary N) is 2. The number of aliphatic imine (C=N–C) groups is 1. The highest BCUT2D eigenvalue weighted by Gasteiger charge is 2.30. The largest absolute Gasteiger partial charge is 0.508 e. The summed E-state index contributed by atoms with van der Waals surface area (Å²) in [5.74, 6) is -6.06. The Morgan fingerprint density at radius 2 is 0.980 bits per heavy atom. The van der Waals surface area contributed by atoms with E-state index in [0.717, 1.165) is 27.9 Å². The molecule has 0 spiro atoms. The number of guanidine groups is 2. The summed E-state index contributed by atoms with van der Waals surface area (Å²) < 4.78 is 0. The first-order valence-corrected chi connectivity index (χ1v) is 32.9. The molecule has 528 valence electrons. The van der Waals surface area contributed by atoms with Crippen LogP contribution in [0.5, 0.6) is 5.75 Å². The van der Waals surface area contributed by atoms with Gasteiger partial charge in [0, 0.05) is 104 Å². The summed E-state index contributed by atoms with van der Waals surface area (Å²) in [4.78, 5) is 116. The number of aromatic hydroxyl groups is 1. The first-order chi connectivity index (χ1) is 47.2. The number of rotatable bonds is 36. The van der Waals surface area contributed by atoms with Crippen LogP contribution in [-0.4, -0.2) is 229 Å². The number of phenols is 1. The Morgan fingerprint density at radius 3 is 1.52 bits per heavy atom. The van der Waals surface area contributed by atoms with Crippen LogP contribution >= 0.6 is 0 Å². The summed E-state index contributed by atoms with van der Waals surface area (Å²) in [6.45, 7) is 4.65. The molecule has 29 nitrogen and oxygen atoms in total. The Balaban J connectivity index is 1.13. The predicted molar refractivity (Wildman–Crippen MR) is 373 cm³/mol. The zero-order valence-electron chi connectivity index (χ0n) is 55.4. The fourth-order valence-corrected chi connectivity index (χ4v) is 11.0. The lowest BCUT2D eigenvalue weighted by molar-refractivity contribution is -0.140. The van der Waals surface area contributed by atoms with Crippen LogP contribution in [0.2, 0.25) is 0 Å². The number of amides is 6. The number of hydrogen-bond acceptors (Lipinski definition) is 16. The van der Waals surface area contributed by atoms with Gasteiger partial charge in [0.1, 0.15) is 17.8 Å². The number of benzene rings is 5. The molecule has 1 fully saturated rings. The number of anilines is 1. The summed E-state index contributed by atoms with van der Waals surface area (Å²) >= 11 is 0. The van der Waals surface area contributed by atoms with Gasteiger partial charge in [0.05, 0.1) is 31.6 Å². The molecular weight excluding hydrogens is 1260 g/mol. The molecule has 18 N–H and O–H groups in total. The molecule has 6 rings (SSSR count). The smallest absolute Gasteiger partial charge is 0.344 e. The molecule has 98 heavy (non-hydrogen) atoms. The SMILES string of the molecule is CCNC(=O)/N=C(/N)NCCC[C@@H](NC(=O)[C@@H](c1ccccc1)c1ccc(NCCCNC(=O)[C@@H](CCCNC(=N)N)NC(=O)[C@@H](Cc2ccc(-c3ccccc3)cc2)NCN2CCN(CC(=O)O)CCN(CC(=O)O)CCN(CC(=O)O)CC2)cc1)C(=O)NCc1ccc(O)cc1. The van der Waals surface area contributed by atoms with E-state index in [1.165, 1.54) is 12.1 Å². The molecule has 0 bridgehead atoms. The first-order valence-electron chi connectivity index (χ1n) is 32.9. The first kappa shape index (κ1) is 76.8. The minimum atomic E-state index is -1.06. The van der Waals surface area contributed by atoms with Crippen LogP contribution in [0.1, 0.15) is 67.2 Å². The summed E-state index contributed by atoms with van der Waals surface area (Å²) in [7, 11) is 0. The quantitative estimate of drug-likeness (QED) is 0.0154. The Morgan fingerprint density at radius 1 is 0.500 bits per heavy atom. The van der Waals surface area contributed by atoms with E-state index in [2.05, 4.69) is 52.8 Å². The van der Waals surface area contributed by atoms with Gasteiger partial charge in [-0.25, -0.2) is 4.79 Å². The van der Waals surface area contributed by atoms with Gasteiger partial charge in [-0.2, -0.15) is 4.99 Å². The second-order valence-corrected chi connectivity index (χ2v) is 23.7. The normalized spacial score (nSPS) is 14.9. The van der Waals surface area contributed by atoms with Crippen LogP contribution in [0.25, 0.3) is 11.1 Å². The van der Waals surface area contributed by atoms with Crippen molar-refractivity contribution in [1.29, 1.82) is 5.41 Å². The maximum atomic E-state index is 14.8. The van der Waals surface area contributed by atoms with Crippen LogP contribution in [0, 0.1) is 5.41 Å². The number of carbonyl (C=O) groups excluding carboxylic acids is 5. The number of carboxylic acids is 3. The van der Waals surface area contributed by atoms with Crippen molar-refractivity contribution in [2.75, 3.05) is 117 Å². The predicted octanol–water partition coefficient (Wildman–Crippen LogP) is 1.71. The second kappa shape index (κ2) is 41.7. The number of phenolic OH excluding ortho intramolecular Hbond substituents is 1. The lowest BCUT2D eigenvalue weighted by atomic mass is 9.90. The molecule has 29 heteroatoms. The number of nitrogens with one attached hydrogen (secondary N) is 10. The van der Waals surface area contributed by atoms with Crippen LogP contribution in [0.15, 0.2) is 138 Å². The molecule has 6 amide bonds. The van der Waals surface area contributed by atoms with E-state index in [1.54, 1.807) is 33.8 Å². The molecule has 0 unspecified atom stereocenters. The zero-order chi connectivity index (χ0) is 70.6. The molecule has 0 saturated carbocycles. The molecule has 4 atom stereocenters. The number of hydrogen-bond donors (Lipinski definition) is 16. The van der Waals surface area contributed by atoms with E-state index in [1.807, 2.05) is 114 Å². The van der Waals surface area contributed by atoms with Gasteiger partial charge in [0.2, 0.25) is 23.6 Å². The Hall–Kier alpha value is -10.2. The van der Waals surface area contributed by atoms with Crippen LogP contribution < -0.4 is 59.3 Å². The van der Waals surface area contributed by atoms with Crippen LogP contribution in [-0.2, 0) is 46.5 Å². The van der Waals surface area contributed by atoms with Crippen molar-refractivity contribution in [1.82, 2.24) is 62.1 Å². The molecule has 1 aliphatic heterocycles. The van der Waals surface area contributed by atoms with Crippen molar-refractivity contribution in [2.45, 2.75) is 76.0 Å². The number of carbonyl (C=O) groups is 8. The molecule has 5 aromatic carbocycles. The third kappa shape index (κ3) is 28.6. The summed E-state index contributed by atoms with van der Waals surface area (Å²) in [6, 6.07) is 36.9. The van der Waals surface area contributed by atoms with E-state index in [0.29, 0.717) is 56.6 Å². The molecular formula is C69H95N17O12. The number of aliphatic carboxylic acids is 3. The maximum absolute atomic E-state index is 14.8. The molecule has 1 saturated heterocycles. The number of carboxylic acid groups (broad SMARTS) is 3. The van der Waals surface area contributed by atoms with E-state index >= 15 is 0 Å². The summed E-state index contributed by atoms with van der Waals surface area (Å²) in [5.41, 5.74) is 17.1. The van der Waals surface area contributed by atoms with Gasteiger partial charge < -0.3 is 74.4 Å². The fraction of sp³-hybridized carbons (Fsp3) is 0.420. The summed E-state index contributed by atoms with van der Waals surface area (Å²) in [5, 5.41) is 73.6. The van der Waals surface area contributed by atoms with Gasteiger partial charge in [0.25, 0.3) is 0 Å². The van der Waals surface area contributed by atoms with Crippen LogP contribution in [0.4, 0.5) is 10.5 Å². The minimum Gasteiger partial charge on any atom is -0.508 e. The van der Waals surface area contributed by atoms with E-state index in [-0.39, 0.29) is 129 Å². The van der Waals surface area contributed by atoms with Gasteiger partial charge in [-0.1, -0.05) is 109 Å². The highest BCUT2D eigenvalue weighted by Crippen LogP contribution is 2.27. The Kier molecular flexibility index (Phi) is 32.7. The third-order valence-electron chi connectivity index (χ3n) is 16.2. The highest BCUT2D eigenvalue weighted by molar-refractivity contribution is 5.93. The van der Waals surface area contributed by atoms with Crippen molar-refractivity contribution >= 4 is 65.2 Å². The number of urea groups is 1. The van der Waals surface area contributed by atoms with Crippen molar-refractivity contribution in [3.05, 3.63) is 156 Å². The number of nitrogens with zero attached hydrogens (tertiary/aromatic N) is 5. The third-order valence-corrected chi connectivity index (χ3v) is 16.2. The topological polar surface area (TPSA) is 427 Å². The lowest BCUT2D eigenvalue weighted by Crippen LogP contribution is -2.56. The summed E-state index contributed by atoms with van der Waals surface area (Å²) in [6.07, 6.45) is 1.73. The van der Waals surface area contributed by atoms with E-state index in [9.17, 15) is 58.8 Å². The van der Waals surface area contributed by atoms with Crippen molar-refractivity contribution in [3.63, 3.8) is 0 Å². The minimum absolute atomic E-state index is 0.0777. The van der Waals surface area contributed by atoms with Crippen LogP contribution in [0.3, 0.4) is 0 Å². The van der Waals surface area contributed by atoms with Crippen molar-refractivity contribution in [2.24, 2.45) is 16.5 Å². The van der Waals surface area contributed by atoms with Gasteiger partial charge >= 0.3 is 23.9 Å². The average molecular weight is 1350 g/mol. The highest BCUT2D eigenvalue weighted by atomic mass is 16.4. The standard InChI is InChI=1S/C69H95N17O12/c1-2-73-69(98)82-68(72)77-31-10-17-57(64(95)78-43-49-20-28-55(87)29-21-49)81-66(97)62(52-14-7-4-8-15-52)53-24-26-54(27-25-53)74-32-11-33-75-63(94)56(16-9-30-76-67(70)71)80-65(96)58(42-48-18-22-51(23-19-48)50-12-5-3-6-13-50)79-47-86-40-38-84(45-60(90)91)36-34-83(44-59(88)89)35-37-85(39-41-86)46-61(92)93/h3-8,12-15,18-29,56-58,62,74,79,87H,2,9-11,16-17,30-47H2,1H3,(H,75,94)(H,78,95)(H,80,96)(H,81,97)(H,88,89)(H,90,91)(H,92,93)(H4,70,71,76)(H4,72,73,77,82,98)/t56-,57-,58-,62+/m1/s1. The lowest BCUT2D eigenvalue weighted by Gasteiger charge is -2.33. The van der Waals surface area contributed by atoms with Gasteiger partial charge in [-0.15, -0.1) is 0 Å². The molecule has 1 aliphatic rings. The zero-order valence-corrected chi connectivity index (χ0v) is 55.4. The average Bonchev–Trinajstić information content (AvgIpc) is 0.837. The fourth-order valence-electron chi connectivity index (χ4n) is 11.0. The van der Waals surface area contributed by atoms with Gasteiger partial charge in [-0.05, 0) is 103 Å². The molecule has 0 aromatic heterocycles. The monoisotopic (exact) mass is 1350 g/mol. The van der Waals surface area contributed by atoms with Gasteiger partial charge in [0.15, 0.2) is 11.9 Å². The van der Waals surface area contributed by atoms with Crippen molar-refractivity contribution < 1.29 is 58.8 Å². The second-order valence-electron chi connectivity index (χ2n) is 23.7. The Labute approximate surface area is 571 Å². The maximum Gasteiger partial charge on any atom is 0.344 e. The van der Waals surface area contributed by atoms with Gasteiger partial charge in [-0.3, -0.25) is 63.9 Å². The molecule has 1 heterocycles.